The molecule has 0 aromatic rings. The van der Waals surface area contributed by atoms with E-state index >= 15 is 0 Å². The Morgan fingerprint density at radius 3 is 2.62 bits per heavy atom. The van der Waals surface area contributed by atoms with Gasteiger partial charge in [-0.15, -0.1) is 12.3 Å². The van der Waals surface area contributed by atoms with Crippen LogP contribution in [-0.2, 0) is 0 Å². The lowest BCUT2D eigenvalue weighted by molar-refractivity contribution is 0.335. The fraction of sp³-hybridized carbons (Fsp3) is 0.636. The monoisotopic (exact) mass is 176 g/mol. The molecule has 0 spiro atoms. The van der Waals surface area contributed by atoms with E-state index in [-0.39, 0.29) is 0 Å². The van der Waals surface area contributed by atoms with Crippen LogP contribution in [-0.4, -0.2) is 37.6 Å². The van der Waals surface area contributed by atoms with Crippen molar-refractivity contribution >= 4 is 0 Å². The molecule has 2 nitrogen and oxygen atoms in total. The van der Waals surface area contributed by atoms with Crippen LogP contribution >= 0.6 is 0 Å². The van der Waals surface area contributed by atoms with E-state index in [1.54, 1.807) is 11.1 Å². The molecule has 2 heterocycles. The van der Waals surface area contributed by atoms with Gasteiger partial charge in [0.15, 0.2) is 0 Å². The molecule has 2 rings (SSSR count). The third kappa shape index (κ3) is 1.93. The molecule has 70 valence electrons. The third-order valence-electron chi connectivity index (χ3n) is 2.80. The van der Waals surface area contributed by atoms with Crippen LogP contribution in [0.1, 0.15) is 12.8 Å². The smallest absolute Gasteiger partial charge is 0.0212 e. The number of rotatable bonds is 3. The van der Waals surface area contributed by atoms with Crippen molar-refractivity contribution in [2.24, 2.45) is 0 Å². The molecular formula is C11H16N2. The highest BCUT2D eigenvalue weighted by atomic mass is 15.2. The Kier molecular flexibility index (Phi) is 2.68. The van der Waals surface area contributed by atoms with Crippen LogP contribution in [0.15, 0.2) is 11.1 Å². The minimum absolute atomic E-state index is 0.916. The quantitative estimate of drug-likeness (QED) is 0.385. The zero-order valence-corrected chi connectivity index (χ0v) is 7.97. The molecule has 0 fully saturated rings. The molecule has 0 saturated heterocycles. The summed E-state index contributed by atoms with van der Waals surface area (Å²) in [7, 11) is 0. The number of terminal acetylenes is 1. The van der Waals surface area contributed by atoms with E-state index in [9.17, 15) is 0 Å². The molecule has 0 bridgehead atoms. The van der Waals surface area contributed by atoms with E-state index in [2.05, 4.69) is 16.1 Å². The van der Waals surface area contributed by atoms with E-state index in [1.165, 1.54) is 13.1 Å². The lowest BCUT2D eigenvalue weighted by Gasteiger charge is -2.16. The van der Waals surface area contributed by atoms with Gasteiger partial charge in [0, 0.05) is 32.6 Å². The second-order valence-electron chi connectivity index (χ2n) is 3.83. The molecule has 2 aliphatic rings. The van der Waals surface area contributed by atoms with Gasteiger partial charge in [0.1, 0.15) is 0 Å². The average molecular weight is 176 g/mol. The summed E-state index contributed by atoms with van der Waals surface area (Å²) in [6.07, 6.45) is 7.28. The van der Waals surface area contributed by atoms with Gasteiger partial charge in [-0.1, -0.05) is 0 Å². The van der Waals surface area contributed by atoms with Crippen molar-refractivity contribution in [3.05, 3.63) is 11.1 Å². The van der Waals surface area contributed by atoms with Gasteiger partial charge in [0.25, 0.3) is 0 Å². The summed E-state index contributed by atoms with van der Waals surface area (Å²) in [6, 6.07) is 0. The van der Waals surface area contributed by atoms with Crippen LogP contribution in [0, 0.1) is 12.3 Å². The summed E-state index contributed by atoms with van der Waals surface area (Å²) >= 11 is 0. The van der Waals surface area contributed by atoms with Gasteiger partial charge in [-0.2, -0.15) is 0 Å². The molecule has 0 aromatic carbocycles. The average Bonchev–Trinajstić information content (AvgIpc) is 2.64. The van der Waals surface area contributed by atoms with Crippen molar-refractivity contribution in [3.63, 3.8) is 0 Å². The van der Waals surface area contributed by atoms with Gasteiger partial charge in [-0.25, -0.2) is 0 Å². The van der Waals surface area contributed by atoms with Crippen LogP contribution in [0.4, 0.5) is 0 Å². The van der Waals surface area contributed by atoms with Crippen LogP contribution in [0.5, 0.6) is 0 Å². The first kappa shape index (κ1) is 8.80. The molecule has 0 saturated carbocycles. The predicted molar refractivity (Wildman–Crippen MR) is 54.4 cm³/mol. The van der Waals surface area contributed by atoms with Crippen molar-refractivity contribution < 1.29 is 0 Å². The topological polar surface area (TPSA) is 15.3 Å². The highest BCUT2D eigenvalue weighted by Crippen LogP contribution is 2.20. The Bertz CT molecular complexity index is 244. The molecule has 0 unspecified atom stereocenters. The second-order valence-corrected chi connectivity index (χ2v) is 3.83. The van der Waals surface area contributed by atoms with Crippen LogP contribution in [0.2, 0.25) is 0 Å². The minimum atomic E-state index is 0.916. The molecule has 2 aliphatic heterocycles. The van der Waals surface area contributed by atoms with Crippen molar-refractivity contribution in [1.29, 1.82) is 0 Å². The molecule has 0 amide bonds. The predicted octanol–water partition coefficient (Wildman–Crippen LogP) is 0.615. The molecule has 2 heteroatoms. The van der Waals surface area contributed by atoms with Crippen LogP contribution < -0.4 is 5.32 Å². The van der Waals surface area contributed by atoms with Crippen LogP contribution in [0.3, 0.4) is 0 Å². The minimum Gasteiger partial charge on any atom is -0.309 e. The first-order chi connectivity index (χ1) is 6.40. The van der Waals surface area contributed by atoms with Gasteiger partial charge >= 0.3 is 0 Å². The summed E-state index contributed by atoms with van der Waals surface area (Å²) in [5.74, 6) is 2.69. The molecule has 13 heavy (non-hydrogen) atoms. The second kappa shape index (κ2) is 3.95. The molecule has 0 atom stereocenters. The van der Waals surface area contributed by atoms with E-state index in [1.807, 2.05) is 0 Å². The fourth-order valence-electron chi connectivity index (χ4n) is 2.11. The number of nitrogens with zero attached hydrogens (tertiary/aromatic N) is 1. The molecule has 0 aromatic heterocycles. The fourth-order valence-corrected chi connectivity index (χ4v) is 2.11. The summed E-state index contributed by atoms with van der Waals surface area (Å²) in [4.78, 5) is 2.50. The van der Waals surface area contributed by atoms with Gasteiger partial charge in [-0.05, 0) is 24.1 Å². The highest BCUT2D eigenvalue weighted by molar-refractivity contribution is 5.29. The molecule has 0 radical (unpaired) electrons. The van der Waals surface area contributed by atoms with Crippen LogP contribution in [0.25, 0.3) is 0 Å². The van der Waals surface area contributed by atoms with Crippen molar-refractivity contribution in [2.75, 3.05) is 32.7 Å². The summed E-state index contributed by atoms with van der Waals surface area (Å²) in [5.41, 5.74) is 3.25. The summed E-state index contributed by atoms with van der Waals surface area (Å²) in [6.45, 7) is 5.74. The first-order valence-electron chi connectivity index (χ1n) is 4.96. The summed E-state index contributed by atoms with van der Waals surface area (Å²) < 4.78 is 0. The van der Waals surface area contributed by atoms with Gasteiger partial charge in [0.2, 0.25) is 0 Å². The number of hydrogen-bond donors (Lipinski definition) is 1. The number of nitrogens with one attached hydrogen (secondary N) is 1. The maximum atomic E-state index is 5.22. The normalized spacial score (nSPS) is 22.1. The van der Waals surface area contributed by atoms with Gasteiger partial charge in [-0.3, -0.25) is 4.90 Å². The summed E-state index contributed by atoms with van der Waals surface area (Å²) in [5, 5.41) is 3.38. The molecule has 0 aliphatic carbocycles. The lowest BCUT2D eigenvalue weighted by atomic mass is 10.2. The Hall–Kier alpha value is -0.780. The largest absolute Gasteiger partial charge is 0.309 e. The Labute approximate surface area is 80.0 Å². The Balaban J connectivity index is 1.73. The van der Waals surface area contributed by atoms with E-state index in [4.69, 9.17) is 6.42 Å². The van der Waals surface area contributed by atoms with Crippen molar-refractivity contribution in [1.82, 2.24) is 10.2 Å². The standard InChI is InChI=1S/C11H16N2/c1-2-3-4-5-13-8-10-6-12-7-11(10)9-13/h1,12H,3-9H2. The molecule has 1 N–H and O–H groups in total. The van der Waals surface area contributed by atoms with E-state index in [0.717, 1.165) is 32.5 Å². The van der Waals surface area contributed by atoms with E-state index in [0.29, 0.717) is 0 Å². The number of unbranched alkanes of at least 4 members (excludes halogenated alkanes) is 1. The van der Waals surface area contributed by atoms with E-state index < -0.39 is 0 Å². The number of hydrogen-bond acceptors (Lipinski definition) is 2. The Morgan fingerprint density at radius 2 is 2.00 bits per heavy atom. The van der Waals surface area contributed by atoms with Crippen molar-refractivity contribution in [3.8, 4) is 12.3 Å². The Morgan fingerprint density at radius 1 is 1.31 bits per heavy atom. The maximum Gasteiger partial charge on any atom is 0.0212 e. The van der Waals surface area contributed by atoms with Crippen molar-refractivity contribution in [2.45, 2.75) is 12.8 Å². The first-order valence-corrected chi connectivity index (χ1v) is 4.96. The molecular weight excluding hydrogens is 160 g/mol. The lowest BCUT2D eigenvalue weighted by Crippen LogP contribution is -2.27. The maximum absolute atomic E-state index is 5.22. The zero-order valence-electron chi connectivity index (χ0n) is 7.97. The SMILES string of the molecule is C#CCCCN1CC2=C(CNC2)C1. The van der Waals surface area contributed by atoms with Gasteiger partial charge < -0.3 is 5.32 Å². The highest BCUT2D eigenvalue weighted by Gasteiger charge is 2.24. The van der Waals surface area contributed by atoms with Gasteiger partial charge in [0.05, 0.1) is 0 Å². The zero-order chi connectivity index (χ0) is 9.10. The third-order valence-corrected chi connectivity index (χ3v) is 2.80.